The van der Waals surface area contributed by atoms with Gasteiger partial charge in [-0.1, -0.05) is 78.0 Å². The van der Waals surface area contributed by atoms with E-state index in [4.69, 9.17) is 4.74 Å². The largest absolute Gasteiger partial charge is 0.490 e. The molecule has 1 aliphatic heterocycles. The Hall–Kier alpha value is -2.82. The smallest absolute Gasteiger partial charge is 0.247 e. The second-order valence-electron chi connectivity index (χ2n) is 16.6. The van der Waals surface area contributed by atoms with E-state index in [0.29, 0.717) is 36.1 Å². The highest BCUT2D eigenvalue weighted by atomic mass is 16.5. The molecule has 244 valence electrons. The first-order valence-corrected chi connectivity index (χ1v) is 17.7. The van der Waals surface area contributed by atoms with E-state index in [9.17, 15) is 9.59 Å². The summed E-state index contributed by atoms with van der Waals surface area (Å²) in [7, 11) is 1.99. The van der Waals surface area contributed by atoms with E-state index in [1.54, 1.807) is 0 Å². The third-order valence-electron chi connectivity index (χ3n) is 12.9. The van der Waals surface area contributed by atoms with E-state index < -0.39 is 0 Å². The Morgan fingerprint density at radius 1 is 0.978 bits per heavy atom. The van der Waals surface area contributed by atoms with E-state index in [1.807, 2.05) is 30.2 Å². The molecule has 0 spiro atoms. The fourth-order valence-corrected chi connectivity index (χ4v) is 10.3. The van der Waals surface area contributed by atoms with Crippen molar-refractivity contribution in [3.8, 4) is 0 Å². The summed E-state index contributed by atoms with van der Waals surface area (Å²) in [5.41, 5.74) is 3.30. The molecule has 8 atom stereocenters. The third kappa shape index (κ3) is 5.71. The average molecular weight is 613 g/mol. The zero-order valence-corrected chi connectivity index (χ0v) is 29.0. The number of likely N-dealkylation sites (N-methyl/N-ethyl adjacent to an activating group) is 1. The monoisotopic (exact) mass is 612 g/mol. The van der Waals surface area contributed by atoms with Gasteiger partial charge >= 0.3 is 0 Å². The highest BCUT2D eigenvalue weighted by Gasteiger charge is 2.60. The van der Waals surface area contributed by atoms with Crippen LogP contribution in [0.5, 0.6) is 0 Å². The van der Waals surface area contributed by atoms with E-state index >= 15 is 0 Å². The second kappa shape index (κ2) is 11.8. The van der Waals surface area contributed by atoms with Crippen LogP contribution in [-0.2, 0) is 20.7 Å². The van der Waals surface area contributed by atoms with Gasteiger partial charge in [0, 0.05) is 35.5 Å². The Labute approximate surface area is 271 Å². The zero-order valence-electron chi connectivity index (χ0n) is 29.0. The molecule has 0 aromatic heterocycles. The number of hydrogen-bond donors (Lipinski definition) is 1. The van der Waals surface area contributed by atoms with Gasteiger partial charge in [0.1, 0.15) is 11.9 Å². The highest BCUT2D eigenvalue weighted by molar-refractivity contribution is 5.94. The number of hydrogen-bond acceptors (Lipinski definition) is 3. The van der Waals surface area contributed by atoms with Crippen molar-refractivity contribution in [1.82, 2.24) is 10.2 Å². The van der Waals surface area contributed by atoms with Gasteiger partial charge < -0.3 is 15.0 Å². The summed E-state index contributed by atoms with van der Waals surface area (Å²) in [6, 6.07) is 9.33. The van der Waals surface area contributed by atoms with Gasteiger partial charge in [-0.3, -0.25) is 9.59 Å². The van der Waals surface area contributed by atoms with Gasteiger partial charge in [0.15, 0.2) is 0 Å². The molecule has 1 heterocycles. The van der Waals surface area contributed by atoms with Crippen LogP contribution in [0.4, 0.5) is 0 Å². The van der Waals surface area contributed by atoms with E-state index in [0.717, 1.165) is 37.0 Å². The van der Waals surface area contributed by atoms with E-state index in [-0.39, 0.29) is 40.2 Å². The lowest BCUT2D eigenvalue weighted by Gasteiger charge is -2.60. The quantitative estimate of drug-likeness (QED) is 0.337. The van der Waals surface area contributed by atoms with Crippen molar-refractivity contribution in [2.45, 2.75) is 118 Å². The SMILES string of the molecule is CC(C)Cc1ccc(C(C)OC2=CC=C(C(=O)NC3CC[C@H]4[C@@H]5CC[C@H]6N(C)C(=O)C=C[C@]6(C)[C@H]5CC[C@]34C)CC2(C)C)cc1. The number of amides is 2. The standard InChI is InChI=1S/C40H56N2O3/c1-25(2)23-27-9-11-28(12-10-27)26(3)45-35-18-13-29(24-38(35,4)5)37(44)41-33-16-15-31-30-14-17-34-40(7,22-20-36(43)42(34)8)32(30)19-21-39(31,33)6/h9-13,18,20,22,25-26,30-34H,14-17,19,21,23-24H2,1-8H3,(H,41,44)/t26?,30-,31-,32-,33?,34+,39-,40+/m0/s1. The van der Waals surface area contributed by atoms with Crippen LogP contribution in [0.2, 0.25) is 0 Å². The minimum absolute atomic E-state index is 0.0492. The molecule has 4 aliphatic carbocycles. The van der Waals surface area contributed by atoms with Gasteiger partial charge in [-0.15, -0.1) is 0 Å². The molecule has 1 aromatic rings. The molecule has 3 saturated carbocycles. The number of rotatable bonds is 7. The maximum atomic E-state index is 13.8. The Morgan fingerprint density at radius 3 is 2.40 bits per heavy atom. The molecule has 0 saturated heterocycles. The maximum Gasteiger partial charge on any atom is 0.247 e. The van der Waals surface area contributed by atoms with Gasteiger partial charge in [-0.2, -0.15) is 0 Å². The first-order chi connectivity index (χ1) is 21.2. The molecule has 2 unspecified atom stereocenters. The summed E-state index contributed by atoms with van der Waals surface area (Å²) in [5, 5.41) is 3.56. The number of carbonyl (C=O) groups is 2. The Morgan fingerprint density at radius 2 is 1.71 bits per heavy atom. The molecule has 0 bridgehead atoms. The van der Waals surface area contributed by atoms with Crippen molar-refractivity contribution in [1.29, 1.82) is 0 Å². The minimum Gasteiger partial charge on any atom is -0.490 e. The van der Waals surface area contributed by atoms with Crippen LogP contribution < -0.4 is 5.32 Å². The number of nitrogens with zero attached hydrogens (tertiary/aromatic N) is 1. The zero-order chi connectivity index (χ0) is 32.3. The van der Waals surface area contributed by atoms with Crippen molar-refractivity contribution in [3.05, 3.63) is 71.0 Å². The number of carbonyl (C=O) groups excluding carboxylic acids is 2. The van der Waals surface area contributed by atoms with E-state index in [2.05, 4.69) is 84.1 Å². The summed E-state index contributed by atoms with van der Waals surface area (Å²) in [6.07, 6.45) is 16.6. The van der Waals surface area contributed by atoms with Gasteiger partial charge in [0.05, 0.1) is 0 Å². The third-order valence-corrected chi connectivity index (χ3v) is 12.9. The maximum absolute atomic E-state index is 13.8. The van der Waals surface area contributed by atoms with Crippen LogP contribution in [0.25, 0.3) is 0 Å². The van der Waals surface area contributed by atoms with Crippen LogP contribution in [0.15, 0.2) is 59.9 Å². The summed E-state index contributed by atoms with van der Waals surface area (Å²) >= 11 is 0. The lowest BCUT2D eigenvalue weighted by Crippen LogP contribution is -2.60. The number of allylic oxidation sites excluding steroid dienone is 3. The van der Waals surface area contributed by atoms with Crippen LogP contribution in [0, 0.1) is 39.9 Å². The summed E-state index contributed by atoms with van der Waals surface area (Å²) in [6.45, 7) is 15.8. The summed E-state index contributed by atoms with van der Waals surface area (Å²) in [5.74, 6) is 3.69. The Bertz CT molecular complexity index is 1400. The highest BCUT2D eigenvalue weighted by Crippen LogP contribution is 2.64. The van der Waals surface area contributed by atoms with Crippen LogP contribution in [0.1, 0.15) is 111 Å². The summed E-state index contributed by atoms with van der Waals surface area (Å²) < 4.78 is 6.53. The van der Waals surface area contributed by atoms with Crippen molar-refractivity contribution >= 4 is 11.8 Å². The molecular weight excluding hydrogens is 556 g/mol. The molecule has 6 rings (SSSR count). The number of nitrogens with one attached hydrogen (secondary N) is 1. The van der Waals surface area contributed by atoms with Crippen molar-refractivity contribution in [2.24, 2.45) is 39.9 Å². The molecule has 45 heavy (non-hydrogen) atoms. The van der Waals surface area contributed by atoms with Crippen LogP contribution in [0.3, 0.4) is 0 Å². The molecular formula is C40H56N2O3. The molecule has 3 fully saturated rings. The molecule has 1 aromatic carbocycles. The first-order valence-electron chi connectivity index (χ1n) is 17.7. The average Bonchev–Trinajstić information content (AvgIpc) is 3.32. The molecule has 1 N–H and O–H groups in total. The molecule has 5 nitrogen and oxygen atoms in total. The number of fused-ring (bicyclic) bond motifs is 5. The Kier molecular flexibility index (Phi) is 8.40. The molecule has 2 amide bonds. The van der Waals surface area contributed by atoms with Crippen molar-refractivity contribution in [3.63, 3.8) is 0 Å². The molecule has 5 aliphatic rings. The number of benzene rings is 1. The molecule has 5 heteroatoms. The van der Waals surface area contributed by atoms with Crippen molar-refractivity contribution < 1.29 is 14.3 Å². The van der Waals surface area contributed by atoms with Gasteiger partial charge in [-0.25, -0.2) is 0 Å². The molecule has 0 radical (unpaired) electrons. The van der Waals surface area contributed by atoms with Crippen LogP contribution >= 0.6 is 0 Å². The minimum atomic E-state index is -0.260. The summed E-state index contributed by atoms with van der Waals surface area (Å²) in [4.78, 5) is 28.3. The van der Waals surface area contributed by atoms with Gasteiger partial charge in [0.25, 0.3) is 0 Å². The predicted octanol–water partition coefficient (Wildman–Crippen LogP) is 8.33. The van der Waals surface area contributed by atoms with Gasteiger partial charge in [0.2, 0.25) is 11.8 Å². The lowest BCUT2D eigenvalue weighted by atomic mass is 9.48. The first kappa shape index (κ1) is 32.1. The topological polar surface area (TPSA) is 58.6 Å². The normalized spacial score (nSPS) is 36.0. The fraction of sp³-hybridized carbons (Fsp3) is 0.650. The van der Waals surface area contributed by atoms with Gasteiger partial charge in [-0.05, 0) is 111 Å². The number of ether oxygens (including phenoxy) is 1. The predicted molar refractivity (Wildman–Crippen MR) is 181 cm³/mol. The van der Waals surface area contributed by atoms with Crippen molar-refractivity contribution in [2.75, 3.05) is 7.05 Å². The van der Waals surface area contributed by atoms with Crippen LogP contribution in [-0.4, -0.2) is 35.8 Å². The lowest BCUT2D eigenvalue weighted by molar-refractivity contribution is -0.138. The Balaban J connectivity index is 1.11. The van der Waals surface area contributed by atoms with E-state index in [1.165, 1.54) is 30.4 Å². The fourth-order valence-electron chi connectivity index (χ4n) is 10.3. The second-order valence-corrected chi connectivity index (χ2v) is 16.6.